The maximum atomic E-state index is 9.25. The van der Waals surface area contributed by atoms with Gasteiger partial charge >= 0.3 is 0 Å². The largest absolute Gasteiger partial charge is 0.395 e. The van der Waals surface area contributed by atoms with E-state index in [9.17, 15) is 5.11 Å². The first-order chi connectivity index (χ1) is 19.1. The topological polar surface area (TPSA) is 39.3 Å². The fourth-order valence-corrected chi connectivity index (χ4v) is 6.20. The number of hydrogen-bond donors (Lipinski definition) is 1. The zero-order chi connectivity index (χ0) is 28.6. The van der Waals surface area contributed by atoms with Crippen LogP contribution in [-0.4, -0.2) is 34.5 Å². The smallest absolute Gasteiger partial charge is 0.0642 e. The lowest BCUT2D eigenvalue weighted by Crippen LogP contribution is -2.03. The molecule has 4 aromatic carbocycles. The maximum absolute atomic E-state index is 9.25. The lowest BCUT2D eigenvalue weighted by atomic mass is 10.2. The summed E-state index contributed by atoms with van der Waals surface area (Å²) in [7, 11) is -2.36. The van der Waals surface area contributed by atoms with Crippen molar-refractivity contribution >= 4 is 131 Å². The van der Waals surface area contributed by atoms with E-state index in [1.165, 1.54) is 10.8 Å². The summed E-state index contributed by atoms with van der Waals surface area (Å²) < 4.78 is 34.7. The Morgan fingerprint density at radius 2 is 0.974 bits per heavy atom. The molecule has 198 valence electrons. The third-order valence-corrected chi connectivity index (χ3v) is 8.30. The predicted molar refractivity (Wildman–Crippen MR) is 184 cm³/mol. The molecule has 0 amide bonds. The Morgan fingerprint density at radius 3 is 1.29 bits per heavy atom. The van der Waals surface area contributed by atoms with Crippen molar-refractivity contribution in [1.29, 1.82) is 0 Å². The average Bonchev–Trinajstić information content (AvgIpc) is 3.35. The molecule has 0 unspecified atom stereocenters. The van der Waals surface area contributed by atoms with Crippen molar-refractivity contribution in [2.24, 2.45) is 0 Å². The highest BCUT2D eigenvalue weighted by atomic mass is 127. The molecule has 0 bridgehead atoms. The summed E-state index contributed by atoms with van der Waals surface area (Å²) in [5.74, 6) is 0. The Balaban J connectivity index is 0.000000188. The second kappa shape index (κ2) is 13.1. The Labute approximate surface area is 276 Å². The van der Waals surface area contributed by atoms with E-state index in [0.717, 1.165) is 50.7 Å². The van der Waals surface area contributed by atoms with Crippen molar-refractivity contribution in [1.82, 2.24) is 9.13 Å². The van der Waals surface area contributed by atoms with Crippen LogP contribution in [-0.2, 0) is 17.8 Å². The molecule has 0 aliphatic heterocycles. The third-order valence-electron chi connectivity index (χ3n) is 6.32. The summed E-state index contributed by atoms with van der Waals surface area (Å²) in [5.41, 5.74) is 4.39. The molecular weight excluding hydrogens is 855 g/mol. The molecule has 0 aliphatic carbocycles. The van der Waals surface area contributed by atoms with Gasteiger partial charge in [0.25, 0.3) is 0 Å². The number of ether oxygens (including phenoxy) is 1. The molecule has 0 atom stereocenters. The Kier molecular flexibility index (Phi) is 8.99. The molecule has 0 saturated carbocycles. The Morgan fingerprint density at radius 1 is 0.632 bits per heavy atom. The van der Waals surface area contributed by atoms with Gasteiger partial charge in [-0.25, -0.2) is 0 Å². The Bertz CT molecular complexity index is 1740. The first kappa shape index (κ1) is 26.0. The monoisotopic (exact) mass is 879 g/mol. The first-order valence-corrected chi connectivity index (χ1v) is 14.7. The van der Waals surface area contributed by atoms with Gasteiger partial charge in [0.15, 0.2) is 0 Å². The lowest BCUT2D eigenvalue weighted by molar-refractivity contribution is 0.189. The summed E-state index contributed by atoms with van der Waals surface area (Å²) >= 11 is 14.0. The maximum Gasteiger partial charge on any atom is 0.0642 e. The van der Waals surface area contributed by atoms with Crippen molar-refractivity contribution in [3.8, 4) is 0 Å². The number of hydrogen-bond acceptors (Lipinski definition) is 2. The molecule has 1 N–H and O–H groups in total. The van der Waals surface area contributed by atoms with Gasteiger partial charge in [0.2, 0.25) is 0 Å². The second-order valence-corrected chi connectivity index (χ2v) is 12.2. The number of aromatic nitrogens is 2. The number of aliphatic hydroxyl groups is 1. The van der Waals surface area contributed by atoms with E-state index in [4.69, 9.17) is 8.85 Å². The first-order valence-electron chi connectivity index (χ1n) is 13.0. The molecule has 0 saturated heterocycles. The van der Waals surface area contributed by atoms with Gasteiger partial charge in [-0.15, -0.1) is 24.0 Å². The molecule has 38 heavy (non-hydrogen) atoms. The number of benzene rings is 4. The van der Waals surface area contributed by atoms with Crippen LogP contribution in [0, 0.1) is 0 Å². The summed E-state index contributed by atoms with van der Waals surface area (Å²) in [4.78, 5) is 0. The molecule has 4 nitrogen and oxygen atoms in total. The van der Waals surface area contributed by atoms with Gasteiger partial charge in [-0.05, 0) is 48.5 Å². The SMILES string of the molecule is I.OCCn1c2cc(Br)ccc2c2ccc(Br)cc21.[2H]C([2H])([2H])OCCn1c2cc(Br)ccc2c2ccc(Br)cc21. The lowest BCUT2D eigenvalue weighted by Gasteiger charge is -2.06. The third kappa shape index (κ3) is 6.04. The van der Waals surface area contributed by atoms with Gasteiger partial charge in [0.1, 0.15) is 0 Å². The van der Waals surface area contributed by atoms with Crippen molar-refractivity contribution < 1.29 is 14.0 Å². The molecular formula is C29H25Br4IN2O2. The quantitative estimate of drug-likeness (QED) is 0.175. The fraction of sp³-hybridized carbons (Fsp3) is 0.172. The highest BCUT2D eigenvalue weighted by molar-refractivity contribution is 14.0. The fourth-order valence-electron chi connectivity index (χ4n) is 4.80. The van der Waals surface area contributed by atoms with Gasteiger partial charge in [0, 0.05) is 59.6 Å². The van der Waals surface area contributed by atoms with Crippen LogP contribution >= 0.6 is 87.7 Å². The minimum atomic E-state index is -2.36. The summed E-state index contributed by atoms with van der Waals surface area (Å²) in [5, 5.41) is 14.0. The van der Waals surface area contributed by atoms with E-state index in [2.05, 4.69) is 109 Å². The summed E-state index contributed by atoms with van der Waals surface area (Å²) in [6.07, 6.45) is 0. The van der Waals surface area contributed by atoms with Crippen molar-refractivity contribution in [3.05, 3.63) is 90.7 Å². The van der Waals surface area contributed by atoms with Crippen LogP contribution in [0.15, 0.2) is 90.7 Å². The number of aliphatic hydroxyl groups excluding tert-OH is 1. The van der Waals surface area contributed by atoms with E-state index in [0.29, 0.717) is 13.1 Å². The van der Waals surface area contributed by atoms with Gasteiger partial charge in [0.05, 0.1) is 39.4 Å². The Hall–Kier alpha value is -0.950. The summed E-state index contributed by atoms with van der Waals surface area (Å²) in [6, 6.07) is 24.7. The molecule has 0 aliphatic rings. The highest BCUT2D eigenvalue weighted by Crippen LogP contribution is 2.34. The van der Waals surface area contributed by atoms with E-state index >= 15 is 0 Å². The van der Waals surface area contributed by atoms with Gasteiger partial charge < -0.3 is 19.0 Å². The van der Waals surface area contributed by atoms with E-state index in [-0.39, 0.29) is 37.2 Å². The zero-order valence-corrected chi connectivity index (χ0v) is 28.6. The van der Waals surface area contributed by atoms with Crippen LogP contribution in [0.5, 0.6) is 0 Å². The van der Waals surface area contributed by atoms with E-state index in [1.54, 1.807) is 0 Å². The van der Waals surface area contributed by atoms with Gasteiger partial charge in [-0.3, -0.25) is 0 Å². The predicted octanol–water partition coefficient (Wildman–Crippen LogP) is 9.90. The molecule has 9 heteroatoms. The molecule has 2 aromatic heterocycles. The minimum absolute atomic E-state index is 0. The van der Waals surface area contributed by atoms with E-state index < -0.39 is 7.04 Å². The molecule has 0 fully saturated rings. The average molecular weight is 883 g/mol. The van der Waals surface area contributed by atoms with Crippen LogP contribution < -0.4 is 0 Å². The van der Waals surface area contributed by atoms with Crippen LogP contribution in [0.1, 0.15) is 4.11 Å². The number of nitrogens with zero attached hydrogens (tertiary/aromatic N) is 2. The van der Waals surface area contributed by atoms with Gasteiger partial charge in [-0.2, -0.15) is 0 Å². The van der Waals surface area contributed by atoms with Crippen LogP contribution in [0.2, 0.25) is 0 Å². The number of rotatable bonds is 5. The van der Waals surface area contributed by atoms with Crippen LogP contribution in [0.25, 0.3) is 43.6 Å². The van der Waals surface area contributed by atoms with Crippen molar-refractivity contribution in [2.45, 2.75) is 13.1 Å². The summed E-state index contributed by atoms with van der Waals surface area (Å²) in [6.45, 7) is 1.35. The number of halogens is 5. The molecule has 6 aromatic rings. The highest BCUT2D eigenvalue weighted by Gasteiger charge is 2.12. The molecule has 0 radical (unpaired) electrons. The molecule has 6 rings (SSSR count). The van der Waals surface area contributed by atoms with E-state index in [1.807, 2.05) is 36.4 Å². The van der Waals surface area contributed by atoms with Crippen molar-refractivity contribution in [2.75, 3.05) is 20.3 Å². The zero-order valence-electron chi connectivity index (χ0n) is 22.9. The minimum Gasteiger partial charge on any atom is -0.395 e. The molecule has 2 heterocycles. The standard InChI is InChI=1S/C15H13Br2NO.C14H11Br2NO.HI/c1-19-7-6-18-14-8-10(16)2-4-12(14)13-5-3-11(17)9-15(13)18;15-9-1-3-11-12-4-2-10(16)8-14(12)17(5-6-18)13(11)7-9;/h2-5,8-9H,6-7H2,1H3;1-4,7-8,18H,5-6H2;1H/i1D3;;. The normalized spacial score (nSPS) is 12.7. The van der Waals surface area contributed by atoms with Crippen molar-refractivity contribution in [3.63, 3.8) is 0 Å². The molecule has 0 spiro atoms. The second-order valence-electron chi connectivity index (χ2n) is 8.52. The number of methoxy groups -OCH3 is 1. The van der Waals surface area contributed by atoms with Crippen LogP contribution in [0.3, 0.4) is 0 Å². The van der Waals surface area contributed by atoms with Crippen LogP contribution in [0.4, 0.5) is 0 Å². The van der Waals surface area contributed by atoms with Gasteiger partial charge in [-0.1, -0.05) is 88.0 Å². The number of fused-ring (bicyclic) bond motifs is 6.